The number of benzene rings is 1. The molecule has 0 spiro atoms. The van der Waals surface area contributed by atoms with Crippen LogP contribution < -0.4 is 5.73 Å². The molecule has 20 heavy (non-hydrogen) atoms. The van der Waals surface area contributed by atoms with Gasteiger partial charge in [-0.1, -0.05) is 19.3 Å². The van der Waals surface area contributed by atoms with Crippen LogP contribution in [0.3, 0.4) is 0 Å². The predicted molar refractivity (Wildman–Crippen MR) is 81.8 cm³/mol. The van der Waals surface area contributed by atoms with Gasteiger partial charge in [-0.25, -0.2) is 0 Å². The number of rotatable bonds is 2. The van der Waals surface area contributed by atoms with E-state index in [1.165, 1.54) is 32.1 Å². The predicted octanol–water partition coefficient (Wildman–Crippen LogP) is 3.36. The van der Waals surface area contributed by atoms with Gasteiger partial charge in [-0.3, -0.25) is 0 Å². The smallest absolute Gasteiger partial charge is 0.159 e. The summed E-state index contributed by atoms with van der Waals surface area (Å²) >= 11 is 3.59. The van der Waals surface area contributed by atoms with E-state index in [1.54, 1.807) is 0 Å². The molecular weight excluding hydrogens is 318 g/mol. The Morgan fingerprint density at radius 1 is 1.25 bits per heavy atom. The first-order valence-electron chi connectivity index (χ1n) is 7.01. The van der Waals surface area contributed by atoms with Gasteiger partial charge < -0.3 is 5.73 Å². The molecule has 0 unspecified atom stereocenters. The maximum atomic E-state index is 6.02. The van der Waals surface area contributed by atoms with Crippen LogP contribution in [0.5, 0.6) is 0 Å². The summed E-state index contributed by atoms with van der Waals surface area (Å²) in [5.41, 5.74) is 8.74. The fourth-order valence-electron chi connectivity index (χ4n) is 2.82. The molecule has 0 radical (unpaired) electrons. The largest absolute Gasteiger partial charge is 0.398 e. The Bertz CT molecular complexity index is 616. The Balaban J connectivity index is 2.03. The van der Waals surface area contributed by atoms with E-state index >= 15 is 0 Å². The number of nitrogens with two attached hydrogens (primary N) is 1. The average molecular weight is 336 g/mol. The highest BCUT2D eigenvalue weighted by molar-refractivity contribution is 9.10. The zero-order valence-electron chi connectivity index (χ0n) is 11.5. The van der Waals surface area contributed by atoms with Crippen LogP contribution in [0.15, 0.2) is 16.6 Å². The summed E-state index contributed by atoms with van der Waals surface area (Å²) in [6.45, 7) is 1.99. The molecule has 1 aromatic heterocycles. The molecule has 0 bridgehead atoms. The minimum atomic E-state index is 0.452. The molecule has 2 N–H and O–H groups in total. The van der Waals surface area contributed by atoms with E-state index in [1.807, 2.05) is 23.7 Å². The summed E-state index contributed by atoms with van der Waals surface area (Å²) in [5, 5.41) is 12.3. The maximum Gasteiger partial charge on any atom is 0.159 e. The minimum Gasteiger partial charge on any atom is -0.398 e. The van der Waals surface area contributed by atoms with Gasteiger partial charge in [0.15, 0.2) is 5.82 Å². The van der Waals surface area contributed by atoms with Gasteiger partial charge in [-0.05, 0) is 63.8 Å². The van der Waals surface area contributed by atoms with Gasteiger partial charge >= 0.3 is 0 Å². The van der Waals surface area contributed by atoms with Crippen molar-refractivity contribution < 1.29 is 0 Å². The van der Waals surface area contributed by atoms with Crippen molar-refractivity contribution in [3.05, 3.63) is 28.0 Å². The Morgan fingerprint density at radius 3 is 2.75 bits per heavy atom. The second kappa shape index (κ2) is 5.52. The molecule has 1 aliphatic carbocycles. The molecule has 1 aliphatic rings. The van der Waals surface area contributed by atoms with Crippen molar-refractivity contribution >= 4 is 21.6 Å². The van der Waals surface area contributed by atoms with Crippen molar-refractivity contribution in [2.45, 2.75) is 44.9 Å². The highest BCUT2D eigenvalue weighted by Crippen LogP contribution is 2.34. The third kappa shape index (κ3) is 2.44. The Kier molecular flexibility index (Phi) is 3.74. The van der Waals surface area contributed by atoms with Crippen LogP contribution in [-0.2, 0) is 0 Å². The molecule has 1 fully saturated rings. The lowest BCUT2D eigenvalue weighted by atomic mass is 9.88. The van der Waals surface area contributed by atoms with Gasteiger partial charge in [0.25, 0.3) is 0 Å². The van der Waals surface area contributed by atoms with E-state index in [0.29, 0.717) is 5.92 Å². The first-order chi connectivity index (χ1) is 9.66. The normalized spacial score (nSPS) is 16.5. The summed E-state index contributed by atoms with van der Waals surface area (Å²) in [4.78, 5) is 0. The molecule has 2 aromatic rings. The maximum absolute atomic E-state index is 6.02. The Labute approximate surface area is 126 Å². The number of nitrogens with zero attached hydrogens (tertiary/aromatic N) is 4. The number of nitrogen functional groups attached to an aromatic ring is 1. The van der Waals surface area contributed by atoms with Crippen LogP contribution in [0.1, 0.15) is 49.4 Å². The van der Waals surface area contributed by atoms with Crippen LogP contribution in [0, 0.1) is 6.92 Å². The molecule has 5 nitrogen and oxygen atoms in total. The van der Waals surface area contributed by atoms with Gasteiger partial charge in [0.05, 0.1) is 5.69 Å². The van der Waals surface area contributed by atoms with Crippen LogP contribution in [0.4, 0.5) is 5.69 Å². The second-order valence-corrected chi connectivity index (χ2v) is 6.30. The van der Waals surface area contributed by atoms with E-state index in [-0.39, 0.29) is 0 Å². The van der Waals surface area contributed by atoms with Crippen LogP contribution in [0.2, 0.25) is 0 Å². The fourth-order valence-corrected chi connectivity index (χ4v) is 3.45. The zero-order valence-corrected chi connectivity index (χ0v) is 13.1. The molecule has 0 saturated heterocycles. The number of aryl methyl sites for hydroxylation is 1. The summed E-state index contributed by atoms with van der Waals surface area (Å²) in [6.07, 6.45) is 6.17. The van der Waals surface area contributed by atoms with Gasteiger partial charge in [0, 0.05) is 16.1 Å². The highest BCUT2D eigenvalue weighted by Gasteiger charge is 2.23. The van der Waals surface area contributed by atoms with Gasteiger partial charge in [-0.15, -0.1) is 5.10 Å². The lowest BCUT2D eigenvalue weighted by Gasteiger charge is -2.21. The first kappa shape index (κ1) is 13.5. The van der Waals surface area contributed by atoms with Crippen LogP contribution in [-0.4, -0.2) is 20.2 Å². The van der Waals surface area contributed by atoms with Gasteiger partial charge in [0.2, 0.25) is 0 Å². The number of halogens is 1. The number of hydrogen-bond acceptors (Lipinski definition) is 4. The lowest BCUT2D eigenvalue weighted by molar-refractivity contribution is 0.422. The molecule has 1 heterocycles. The number of tetrazole rings is 1. The van der Waals surface area contributed by atoms with E-state index in [0.717, 1.165) is 27.2 Å². The highest BCUT2D eigenvalue weighted by atomic mass is 79.9. The van der Waals surface area contributed by atoms with Crippen LogP contribution >= 0.6 is 15.9 Å². The van der Waals surface area contributed by atoms with E-state index in [4.69, 9.17) is 5.73 Å². The van der Waals surface area contributed by atoms with Crippen LogP contribution in [0.25, 0.3) is 5.69 Å². The van der Waals surface area contributed by atoms with Crippen molar-refractivity contribution in [1.29, 1.82) is 0 Å². The monoisotopic (exact) mass is 335 g/mol. The lowest BCUT2D eigenvalue weighted by Crippen LogP contribution is -2.12. The first-order valence-corrected chi connectivity index (χ1v) is 7.80. The molecule has 0 atom stereocenters. The number of hydrogen-bond donors (Lipinski definition) is 1. The van der Waals surface area contributed by atoms with Crippen molar-refractivity contribution in [3.8, 4) is 5.69 Å². The Hall–Kier alpha value is -1.43. The molecule has 0 amide bonds. The molecule has 3 rings (SSSR count). The standard InChI is InChI=1S/C14H18BrN5/c1-9-7-11(15)13(8-12(9)16)20-14(17-18-19-20)10-5-3-2-4-6-10/h7-8,10H,2-6,16H2,1H3. The fraction of sp³-hybridized carbons (Fsp3) is 0.500. The topological polar surface area (TPSA) is 69.6 Å². The molecule has 6 heteroatoms. The molecular formula is C14H18BrN5. The summed E-state index contributed by atoms with van der Waals surface area (Å²) in [6, 6.07) is 3.94. The van der Waals surface area contributed by atoms with Crippen molar-refractivity contribution in [2.24, 2.45) is 0 Å². The van der Waals surface area contributed by atoms with Gasteiger partial charge in [0.1, 0.15) is 0 Å². The molecule has 106 valence electrons. The molecule has 1 saturated carbocycles. The third-order valence-electron chi connectivity index (χ3n) is 4.03. The minimum absolute atomic E-state index is 0.452. The second-order valence-electron chi connectivity index (χ2n) is 5.44. The van der Waals surface area contributed by atoms with Crippen molar-refractivity contribution in [1.82, 2.24) is 20.2 Å². The van der Waals surface area contributed by atoms with E-state index in [9.17, 15) is 0 Å². The zero-order chi connectivity index (χ0) is 14.1. The molecule has 1 aromatic carbocycles. The SMILES string of the molecule is Cc1cc(Br)c(-n2nnnc2C2CCCCC2)cc1N. The molecule has 0 aliphatic heterocycles. The summed E-state index contributed by atoms with van der Waals surface area (Å²) < 4.78 is 2.80. The number of aromatic nitrogens is 4. The Morgan fingerprint density at radius 2 is 2.00 bits per heavy atom. The third-order valence-corrected chi connectivity index (χ3v) is 4.66. The summed E-state index contributed by atoms with van der Waals surface area (Å²) in [5.74, 6) is 1.40. The summed E-state index contributed by atoms with van der Waals surface area (Å²) in [7, 11) is 0. The van der Waals surface area contributed by atoms with E-state index < -0.39 is 0 Å². The van der Waals surface area contributed by atoms with Crippen molar-refractivity contribution in [3.63, 3.8) is 0 Å². The van der Waals surface area contributed by atoms with Crippen molar-refractivity contribution in [2.75, 3.05) is 5.73 Å². The van der Waals surface area contributed by atoms with E-state index in [2.05, 4.69) is 31.5 Å². The number of anilines is 1. The van der Waals surface area contributed by atoms with Gasteiger partial charge in [-0.2, -0.15) is 4.68 Å². The quantitative estimate of drug-likeness (QED) is 0.854. The average Bonchev–Trinajstić information content (AvgIpc) is 2.93.